The van der Waals surface area contributed by atoms with Crippen LogP contribution >= 0.6 is 0 Å². The maximum absolute atomic E-state index is 8.25. The van der Waals surface area contributed by atoms with E-state index in [9.17, 15) is 0 Å². The third-order valence-electron chi connectivity index (χ3n) is 3.81. The molecule has 0 N–H and O–H groups in total. The van der Waals surface area contributed by atoms with E-state index in [4.69, 9.17) is 16.2 Å². The van der Waals surface area contributed by atoms with Crippen LogP contribution in [-0.2, 0) is 9.31 Å². The lowest BCUT2D eigenvalue weighted by Gasteiger charge is -2.32. The summed E-state index contributed by atoms with van der Waals surface area (Å²) in [5, 5.41) is 0. The Morgan fingerprint density at radius 1 is 1.33 bits per heavy atom. The van der Waals surface area contributed by atoms with E-state index in [1.807, 2.05) is 27.7 Å². The molecule has 2 fully saturated rings. The van der Waals surface area contributed by atoms with E-state index in [1.165, 1.54) is 18.3 Å². The molecule has 1 aromatic heterocycles. The zero-order valence-electron chi connectivity index (χ0n) is 16.1. The van der Waals surface area contributed by atoms with Crippen molar-refractivity contribution in [1.82, 2.24) is 4.98 Å². The molecular formula is C14H20BNO2. The second kappa shape index (κ2) is 3.81. The highest BCUT2D eigenvalue weighted by molar-refractivity contribution is 6.61. The van der Waals surface area contributed by atoms with Crippen LogP contribution in [-0.4, -0.2) is 23.3 Å². The number of nitrogens with zero attached hydrogens (tertiary/aromatic N) is 1. The van der Waals surface area contributed by atoms with Gasteiger partial charge in [0.05, 0.1) is 16.8 Å². The number of pyridine rings is 1. The first kappa shape index (κ1) is 7.66. The summed E-state index contributed by atoms with van der Waals surface area (Å²) in [4.78, 5) is 4.21. The summed E-state index contributed by atoms with van der Waals surface area (Å²) in [5.74, 6) is -1.94. The molecular weight excluding hydrogens is 225 g/mol. The number of rotatable bonds is 2. The molecule has 0 radical (unpaired) electrons. The minimum absolute atomic E-state index is 0.243. The van der Waals surface area contributed by atoms with Gasteiger partial charge in [-0.1, -0.05) is 0 Å². The number of aromatic nitrogens is 1. The van der Waals surface area contributed by atoms with Crippen molar-refractivity contribution in [1.29, 1.82) is 0 Å². The van der Waals surface area contributed by atoms with Crippen molar-refractivity contribution in [2.75, 3.05) is 0 Å². The summed E-state index contributed by atoms with van der Waals surface area (Å²) < 4.78 is 51.2. The van der Waals surface area contributed by atoms with Crippen LogP contribution in [0.25, 0.3) is 0 Å². The largest absolute Gasteiger partial charge is 0.514 e. The molecule has 0 atom stereocenters. The fraction of sp³-hybridized carbons (Fsp3) is 0.643. The highest BCUT2D eigenvalue weighted by atomic mass is 16.7. The van der Waals surface area contributed by atoms with E-state index >= 15 is 0 Å². The third kappa shape index (κ3) is 1.97. The van der Waals surface area contributed by atoms with Gasteiger partial charge in [0.2, 0.25) is 0 Å². The smallest absolute Gasteiger partial charge is 0.398 e. The Balaban J connectivity index is 1.95. The molecule has 3 nitrogen and oxygen atoms in total. The minimum atomic E-state index is -2.24. The van der Waals surface area contributed by atoms with Gasteiger partial charge in [-0.05, 0) is 64.0 Å². The molecule has 1 saturated heterocycles. The summed E-state index contributed by atoms with van der Waals surface area (Å²) in [6, 6.07) is 2.99. The van der Waals surface area contributed by atoms with E-state index in [-0.39, 0.29) is 5.56 Å². The number of hydrogen-bond acceptors (Lipinski definition) is 3. The highest BCUT2D eigenvalue weighted by Crippen LogP contribution is 2.40. The Bertz CT molecular complexity index is 634. The van der Waals surface area contributed by atoms with Crippen LogP contribution in [0.5, 0.6) is 0 Å². The maximum atomic E-state index is 8.25. The Kier molecular flexibility index (Phi) is 1.62. The molecule has 18 heavy (non-hydrogen) atoms. The van der Waals surface area contributed by atoms with Crippen molar-refractivity contribution >= 4 is 12.7 Å². The standard InChI is InChI=1S/C14H20BNO2/c1-13(2)14(3,4)18-15(17-13)12-9-11(7-8-16-12)10-5-6-10/h7-10H,5-6H2,1-4H3/i5D2,6D2,10D. The van der Waals surface area contributed by atoms with Gasteiger partial charge < -0.3 is 9.31 Å². The summed E-state index contributed by atoms with van der Waals surface area (Å²) in [6.45, 7) is 7.67. The van der Waals surface area contributed by atoms with Crippen molar-refractivity contribution in [3.8, 4) is 0 Å². The zero-order valence-corrected chi connectivity index (χ0v) is 11.1. The fourth-order valence-electron chi connectivity index (χ4n) is 1.87. The van der Waals surface area contributed by atoms with Crippen LogP contribution in [0.15, 0.2) is 18.3 Å². The van der Waals surface area contributed by atoms with E-state index < -0.39 is 37.0 Å². The Morgan fingerprint density at radius 2 is 1.94 bits per heavy atom. The van der Waals surface area contributed by atoms with Gasteiger partial charge in [0, 0.05) is 13.1 Å². The molecule has 3 rings (SSSR count). The molecule has 1 aliphatic carbocycles. The van der Waals surface area contributed by atoms with Crippen molar-refractivity contribution in [3.05, 3.63) is 23.9 Å². The lowest BCUT2D eigenvalue weighted by molar-refractivity contribution is 0.00578. The van der Waals surface area contributed by atoms with Crippen LogP contribution < -0.4 is 5.59 Å². The normalized spacial score (nSPS) is 36.9. The molecule has 2 heterocycles. The quantitative estimate of drug-likeness (QED) is 0.754. The second-order valence-corrected chi connectivity index (χ2v) is 5.68. The lowest BCUT2D eigenvalue weighted by atomic mass is 9.83. The third-order valence-corrected chi connectivity index (χ3v) is 3.81. The van der Waals surface area contributed by atoms with Crippen LogP contribution in [0.2, 0.25) is 0 Å². The van der Waals surface area contributed by atoms with Gasteiger partial charge in [-0.25, -0.2) is 0 Å². The van der Waals surface area contributed by atoms with Gasteiger partial charge >= 0.3 is 7.12 Å². The Morgan fingerprint density at radius 3 is 2.50 bits per heavy atom. The molecule has 96 valence electrons. The average molecular weight is 250 g/mol. The van der Waals surface area contributed by atoms with Crippen molar-refractivity contribution in [3.63, 3.8) is 0 Å². The first-order chi connectivity index (χ1) is 10.3. The highest BCUT2D eigenvalue weighted by Gasteiger charge is 2.52. The fourth-order valence-corrected chi connectivity index (χ4v) is 1.87. The van der Waals surface area contributed by atoms with Crippen molar-refractivity contribution in [2.24, 2.45) is 0 Å². The molecule has 0 amide bonds. The second-order valence-electron chi connectivity index (χ2n) is 5.68. The van der Waals surface area contributed by atoms with Crippen LogP contribution in [0.4, 0.5) is 0 Å². The van der Waals surface area contributed by atoms with Gasteiger partial charge in [-0.15, -0.1) is 0 Å². The molecule has 1 aromatic rings. The van der Waals surface area contributed by atoms with Gasteiger partial charge in [-0.2, -0.15) is 0 Å². The number of hydrogen-bond donors (Lipinski definition) is 0. The van der Waals surface area contributed by atoms with E-state index in [0.29, 0.717) is 5.59 Å². The SMILES string of the molecule is [2H]C1([2H])C([2H])([2H])C1([2H])c1ccnc(B2OC(C)(C)C(C)(C)O2)c1. The van der Waals surface area contributed by atoms with Crippen LogP contribution in [0.1, 0.15) is 58.8 Å². The molecule has 0 bridgehead atoms. The summed E-state index contributed by atoms with van der Waals surface area (Å²) in [7, 11) is -0.723. The van der Waals surface area contributed by atoms with Gasteiger partial charge in [-0.3, -0.25) is 4.98 Å². The van der Waals surface area contributed by atoms with E-state index in [0.717, 1.165) is 0 Å². The van der Waals surface area contributed by atoms with Crippen LogP contribution in [0, 0.1) is 0 Å². The molecule has 4 heteroatoms. The van der Waals surface area contributed by atoms with Gasteiger partial charge in [0.1, 0.15) is 0 Å². The van der Waals surface area contributed by atoms with Gasteiger partial charge in [0.15, 0.2) is 0 Å². The lowest BCUT2D eigenvalue weighted by Crippen LogP contribution is -2.41. The molecule has 1 aliphatic heterocycles. The molecule has 0 unspecified atom stereocenters. The van der Waals surface area contributed by atoms with E-state index in [2.05, 4.69) is 4.98 Å². The maximum Gasteiger partial charge on any atom is 0.514 e. The summed E-state index contributed by atoms with van der Waals surface area (Å²) in [6.07, 6.45) is -3.04. The van der Waals surface area contributed by atoms with Crippen LogP contribution in [0.3, 0.4) is 0 Å². The zero-order chi connectivity index (χ0) is 17.5. The predicted molar refractivity (Wildman–Crippen MR) is 71.9 cm³/mol. The molecule has 0 spiro atoms. The first-order valence-electron chi connectivity index (χ1n) is 8.60. The van der Waals surface area contributed by atoms with Crippen molar-refractivity contribution < 1.29 is 16.2 Å². The Hall–Kier alpha value is -0.865. The topological polar surface area (TPSA) is 31.4 Å². The average Bonchev–Trinajstić information content (AvgIpc) is 2.63. The van der Waals surface area contributed by atoms with E-state index in [1.54, 1.807) is 0 Å². The predicted octanol–water partition coefficient (Wildman–Crippen LogP) is 2.26. The van der Waals surface area contributed by atoms with Crippen molar-refractivity contribution in [2.45, 2.75) is 57.5 Å². The Labute approximate surface area is 116 Å². The summed E-state index contributed by atoms with van der Waals surface area (Å²) in [5.41, 5.74) is -0.397. The molecule has 1 saturated carbocycles. The summed E-state index contributed by atoms with van der Waals surface area (Å²) >= 11 is 0. The first-order valence-corrected chi connectivity index (χ1v) is 6.10. The molecule has 0 aromatic carbocycles. The monoisotopic (exact) mass is 250 g/mol. The van der Waals surface area contributed by atoms with Gasteiger partial charge in [0.25, 0.3) is 0 Å². The minimum Gasteiger partial charge on any atom is -0.398 e. The molecule has 2 aliphatic rings.